The van der Waals surface area contributed by atoms with E-state index in [0.29, 0.717) is 27.2 Å². The molecule has 2 heterocycles. The molecule has 0 aliphatic heterocycles. The standard InChI is InChI=1S/C17H15Cl2N3O3/c1-10-13(8-20-22(10)2)21-17(23)15-7-6-11(25-15)9-24-14-5-3-4-12(18)16(14)19/h3-8H,9H2,1-2H3,(H,21,23). The van der Waals surface area contributed by atoms with E-state index in [2.05, 4.69) is 10.4 Å². The largest absolute Gasteiger partial charge is 0.484 e. The molecular weight excluding hydrogens is 365 g/mol. The van der Waals surface area contributed by atoms with Crippen LogP contribution < -0.4 is 10.1 Å². The first-order valence-electron chi connectivity index (χ1n) is 7.41. The lowest BCUT2D eigenvalue weighted by Gasteiger charge is -2.07. The predicted molar refractivity (Wildman–Crippen MR) is 95.4 cm³/mol. The summed E-state index contributed by atoms with van der Waals surface area (Å²) in [5.74, 6) is 0.758. The van der Waals surface area contributed by atoms with Crippen LogP contribution in [0, 0.1) is 6.92 Å². The molecule has 8 heteroatoms. The molecule has 0 unspecified atom stereocenters. The Morgan fingerprint density at radius 2 is 2.12 bits per heavy atom. The lowest BCUT2D eigenvalue weighted by atomic mass is 10.3. The van der Waals surface area contributed by atoms with Gasteiger partial charge in [0.2, 0.25) is 0 Å². The second kappa shape index (κ2) is 7.21. The Hall–Kier alpha value is -2.44. The van der Waals surface area contributed by atoms with E-state index in [1.54, 1.807) is 48.3 Å². The number of carbonyl (C=O) groups is 1. The number of hydrogen-bond acceptors (Lipinski definition) is 4. The molecule has 2 aromatic heterocycles. The van der Waals surface area contributed by atoms with Crippen LogP contribution in [0.1, 0.15) is 22.0 Å². The number of nitrogens with one attached hydrogen (secondary N) is 1. The molecule has 130 valence electrons. The van der Waals surface area contributed by atoms with Crippen molar-refractivity contribution in [3.63, 3.8) is 0 Å². The molecule has 0 aliphatic carbocycles. The highest BCUT2D eigenvalue weighted by atomic mass is 35.5. The zero-order chi connectivity index (χ0) is 18.0. The molecule has 0 radical (unpaired) electrons. The molecule has 0 bridgehead atoms. The van der Waals surface area contributed by atoms with Gasteiger partial charge in [-0.3, -0.25) is 9.48 Å². The highest BCUT2D eigenvalue weighted by Crippen LogP contribution is 2.32. The lowest BCUT2D eigenvalue weighted by molar-refractivity contribution is 0.0992. The maximum atomic E-state index is 12.2. The molecular formula is C17H15Cl2N3O3. The summed E-state index contributed by atoms with van der Waals surface area (Å²) in [7, 11) is 1.80. The normalized spacial score (nSPS) is 10.7. The van der Waals surface area contributed by atoms with Crippen molar-refractivity contribution in [2.45, 2.75) is 13.5 Å². The third-order valence-electron chi connectivity index (χ3n) is 3.65. The van der Waals surface area contributed by atoms with Gasteiger partial charge in [-0.05, 0) is 31.2 Å². The van der Waals surface area contributed by atoms with Crippen LogP contribution in [0.25, 0.3) is 0 Å². The fourth-order valence-corrected chi connectivity index (χ4v) is 2.47. The van der Waals surface area contributed by atoms with Crippen LogP contribution in [0.15, 0.2) is 40.9 Å². The summed E-state index contributed by atoms with van der Waals surface area (Å²) in [4.78, 5) is 12.2. The molecule has 25 heavy (non-hydrogen) atoms. The minimum absolute atomic E-state index is 0.124. The van der Waals surface area contributed by atoms with Crippen LogP contribution in [0.4, 0.5) is 5.69 Å². The van der Waals surface area contributed by atoms with Crippen molar-refractivity contribution in [1.29, 1.82) is 0 Å². The van der Waals surface area contributed by atoms with Gasteiger partial charge in [0.1, 0.15) is 23.1 Å². The Labute approximate surface area is 154 Å². The quantitative estimate of drug-likeness (QED) is 0.710. The zero-order valence-corrected chi connectivity index (χ0v) is 15.1. The third kappa shape index (κ3) is 3.81. The molecule has 3 aromatic rings. The summed E-state index contributed by atoms with van der Waals surface area (Å²) >= 11 is 12.0. The van der Waals surface area contributed by atoms with E-state index < -0.39 is 0 Å². The van der Waals surface area contributed by atoms with Gasteiger partial charge in [0.05, 0.1) is 22.6 Å². The zero-order valence-electron chi connectivity index (χ0n) is 13.5. The van der Waals surface area contributed by atoms with E-state index in [-0.39, 0.29) is 18.3 Å². The van der Waals surface area contributed by atoms with E-state index in [9.17, 15) is 4.79 Å². The van der Waals surface area contributed by atoms with Gasteiger partial charge in [0.15, 0.2) is 5.76 Å². The number of rotatable bonds is 5. The molecule has 0 spiro atoms. The summed E-state index contributed by atoms with van der Waals surface area (Å²) in [6, 6.07) is 8.37. The smallest absolute Gasteiger partial charge is 0.291 e. The second-order valence-electron chi connectivity index (χ2n) is 5.33. The fourth-order valence-electron chi connectivity index (χ4n) is 2.13. The summed E-state index contributed by atoms with van der Waals surface area (Å²) in [6.45, 7) is 1.98. The predicted octanol–water partition coefficient (Wildman–Crippen LogP) is 4.46. The first-order chi connectivity index (χ1) is 12.0. The summed E-state index contributed by atoms with van der Waals surface area (Å²) in [6.07, 6.45) is 1.58. The number of furan rings is 1. The van der Waals surface area contributed by atoms with Crippen LogP contribution in [-0.2, 0) is 13.7 Å². The number of hydrogen-bond donors (Lipinski definition) is 1. The van der Waals surface area contributed by atoms with Crippen LogP contribution in [-0.4, -0.2) is 15.7 Å². The Balaban J connectivity index is 1.65. The molecule has 0 fully saturated rings. The van der Waals surface area contributed by atoms with Crippen LogP contribution in [0.5, 0.6) is 5.75 Å². The monoisotopic (exact) mass is 379 g/mol. The third-order valence-corrected chi connectivity index (χ3v) is 4.46. The molecule has 0 saturated carbocycles. The van der Waals surface area contributed by atoms with E-state index in [1.807, 2.05) is 6.92 Å². The first-order valence-corrected chi connectivity index (χ1v) is 8.17. The average molecular weight is 380 g/mol. The molecule has 1 aromatic carbocycles. The molecule has 0 saturated heterocycles. The number of amides is 1. The minimum Gasteiger partial charge on any atom is -0.484 e. The maximum Gasteiger partial charge on any atom is 0.291 e. The van der Waals surface area contributed by atoms with E-state index in [4.69, 9.17) is 32.4 Å². The highest BCUT2D eigenvalue weighted by Gasteiger charge is 2.15. The van der Waals surface area contributed by atoms with Gasteiger partial charge in [-0.15, -0.1) is 0 Å². The number of anilines is 1. The summed E-state index contributed by atoms with van der Waals surface area (Å²) in [5.41, 5.74) is 1.48. The topological polar surface area (TPSA) is 69.3 Å². The van der Waals surface area contributed by atoms with Crippen molar-refractivity contribution in [2.24, 2.45) is 7.05 Å². The number of nitrogens with zero attached hydrogens (tertiary/aromatic N) is 2. The van der Waals surface area contributed by atoms with Gasteiger partial charge < -0.3 is 14.5 Å². The van der Waals surface area contributed by atoms with Crippen molar-refractivity contribution >= 4 is 34.8 Å². The summed E-state index contributed by atoms with van der Waals surface area (Å²) in [5, 5.41) is 7.57. The average Bonchev–Trinajstić information content (AvgIpc) is 3.18. The number of aromatic nitrogens is 2. The Bertz CT molecular complexity index is 918. The van der Waals surface area contributed by atoms with Crippen molar-refractivity contribution in [2.75, 3.05) is 5.32 Å². The van der Waals surface area contributed by atoms with Gasteiger partial charge in [-0.2, -0.15) is 5.10 Å². The van der Waals surface area contributed by atoms with Crippen molar-refractivity contribution in [1.82, 2.24) is 9.78 Å². The van der Waals surface area contributed by atoms with E-state index >= 15 is 0 Å². The second-order valence-corrected chi connectivity index (χ2v) is 6.11. The van der Waals surface area contributed by atoms with Crippen molar-refractivity contribution < 1.29 is 13.9 Å². The Kier molecular flexibility index (Phi) is 5.01. The molecule has 0 atom stereocenters. The number of carbonyl (C=O) groups excluding carboxylic acids is 1. The molecule has 3 rings (SSSR count). The highest BCUT2D eigenvalue weighted by molar-refractivity contribution is 6.42. The number of halogens is 2. The van der Waals surface area contributed by atoms with Gasteiger partial charge in [-0.1, -0.05) is 29.3 Å². The fraction of sp³-hybridized carbons (Fsp3) is 0.176. The number of ether oxygens (including phenoxy) is 1. The minimum atomic E-state index is -0.358. The Morgan fingerprint density at radius 1 is 1.32 bits per heavy atom. The molecule has 6 nitrogen and oxygen atoms in total. The van der Waals surface area contributed by atoms with E-state index in [1.165, 1.54) is 0 Å². The molecule has 1 amide bonds. The molecule has 0 aliphatic rings. The maximum absolute atomic E-state index is 12.2. The summed E-state index contributed by atoms with van der Waals surface area (Å²) < 4.78 is 12.8. The van der Waals surface area contributed by atoms with Crippen molar-refractivity contribution in [3.05, 3.63) is 63.8 Å². The van der Waals surface area contributed by atoms with Gasteiger partial charge in [0.25, 0.3) is 5.91 Å². The van der Waals surface area contributed by atoms with Crippen molar-refractivity contribution in [3.8, 4) is 5.75 Å². The van der Waals surface area contributed by atoms with Gasteiger partial charge >= 0.3 is 0 Å². The number of benzene rings is 1. The van der Waals surface area contributed by atoms with Crippen LogP contribution in [0.2, 0.25) is 10.0 Å². The van der Waals surface area contributed by atoms with Crippen LogP contribution in [0.3, 0.4) is 0 Å². The van der Waals surface area contributed by atoms with Gasteiger partial charge in [-0.25, -0.2) is 0 Å². The van der Waals surface area contributed by atoms with Gasteiger partial charge in [0, 0.05) is 7.05 Å². The SMILES string of the molecule is Cc1c(NC(=O)c2ccc(COc3cccc(Cl)c3Cl)o2)cnn1C. The van der Waals surface area contributed by atoms with E-state index in [0.717, 1.165) is 5.69 Å². The lowest BCUT2D eigenvalue weighted by Crippen LogP contribution is -2.11. The number of aryl methyl sites for hydroxylation is 1. The Morgan fingerprint density at radius 3 is 2.84 bits per heavy atom. The first kappa shape index (κ1) is 17.4. The molecule has 1 N–H and O–H groups in total. The van der Waals surface area contributed by atoms with Crippen LogP contribution >= 0.6 is 23.2 Å².